The van der Waals surface area contributed by atoms with Gasteiger partial charge in [-0.25, -0.2) is 0 Å². The van der Waals surface area contributed by atoms with Crippen molar-refractivity contribution in [3.63, 3.8) is 0 Å². The molecule has 0 aliphatic carbocycles. The van der Waals surface area contributed by atoms with Crippen LogP contribution in [0.15, 0.2) is 42.5 Å². The highest BCUT2D eigenvalue weighted by atomic mass is 16.6. The molecule has 146 valence electrons. The van der Waals surface area contributed by atoms with E-state index >= 15 is 0 Å². The van der Waals surface area contributed by atoms with Crippen LogP contribution in [-0.2, 0) is 4.74 Å². The molecule has 2 N–H and O–H groups in total. The van der Waals surface area contributed by atoms with Gasteiger partial charge in [0.05, 0.1) is 19.3 Å². The molecule has 0 bridgehead atoms. The fourth-order valence-electron chi connectivity index (χ4n) is 3.35. The van der Waals surface area contributed by atoms with Crippen LogP contribution in [0.5, 0.6) is 11.5 Å². The summed E-state index contributed by atoms with van der Waals surface area (Å²) in [6, 6.07) is 14.2. The maximum atomic E-state index is 10.0. The van der Waals surface area contributed by atoms with E-state index in [9.17, 15) is 5.11 Å². The number of rotatable bonds is 6. The van der Waals surface area contributed by atoms with Crippen LogP contribution in [0.1, 0.15) is 38.7 Å². The van der Waals surface area contributed by atoms with Gasteiger partial charge in [0, 0.05) is 18.0 Å². The van der Waals surface area contributed by atoms with Crippen molar-refractivity contribution in [2.45, 2.75) is 45.1 Å². The number of nitrogens with one attached hydrogen (secondary N) is 1. The average molecular weight is 371 g/mol. The zero-order chi connectivity index (χ0) is 19.4. The Labute approximate surface area is 161 Å². The fourth-order valence-corrected chi connectivity index (χ4v) is 3.35. The molecule has 0 radical (unpaired) electrons. The minimum Gasteiger partial charge on any atom is -0.496 e. The molecule has 1 aliphatic heterocycles. The Kier molecular flexibility index (Phi) is 6.05. The lowest BCUT2D eigenvalue weighted by Gasteiger charge is -2.29. The van der Waals surface area contributed by atoms with Crippen LogP contribution < -0.4 is 14.8 Å². The molecular weight excluding hydrogens is 342 g/mol. The van der Waals surface area contributed by atoms with Crippen molar-refractivity contribution in [1.29, 1.82) is 0 Å². The maximum Gasteiger partial charge on any atom is 0.214 e. The van der Waals surface area contributed by atoms with Crippen molar-refractivity contribution in [2.24, 2.45) is 0 Å². The van der Waals surface area contributed by atoms with Gasteiger partial charge >= 0.3 is 0 Å². The number of para-hydroxylation sites is 1. The lowest BCUT2D eigenvalue weighted by atomic mass is 9.91. The van der Waals surface area contributed by atoms with Gasteiger partial charge in [0.15, 0.2) is 0 Å². The second-order valence-electron chi connectivity index (χ2n) is 7.78. The van der Waals surface area contributed by atoms with Gasteiger partial charge < -0.3 is 19.3 Å². The van der Waals surface area contributed by atoms with E-state index in [1.165, 1.54) is 0 Å². The van der Waals surface area contributed by atoms with E-state index in [0.717, 1.165) is 34.6 Å². The number of ether oxygens (including phenoxy) is 3. The van der Waals surface area contributed by atoms with Crippen molar-refractivity contribution in [2.75, 3.05) is 20.3 Å². The Morgan fingerprint density at radius 3 is 2.74 bits per heavy atom. The van der Waals surface area contributed by atoms with Crippen LogP contribution in [0.3, 0.4) is 0 Å². The van der Waals surface area contributed by atoms with E-state index in [0.29, 0.717) is 13.2 Å². The average Bonchev–Trinajstić information content (AvgIpc) is 2.64. The normalized spacial score (nSPS) is 17.7. The first-order chi connectivity index (χ1) is 12.9. The summed E-state index contributed by atoms with van der Waals surface area (Å²) in [6.07, 6.45) is -0.0832. The van der Waals surface area contributed by atoms with Crippen molar-refractivity contribution in [3.8, 4) is 22.6 Å². The zero-order valence-corrected chi connectivity index (χ0v) is 16.5. The predicted molar refractivity (Wildman–Crippen MR) is 106 cm³/mol. The van der Waals surface area contributed by atoms with Crippen molar-refractivity contribution in [3.05, 3.63) is 48.0 Å². The van der Waals surface area contributed by atoms with Gasteiger partial charge in [-0.1, -0.05) is 30.3 Å². The topological polar surface area (TPSA) is 60.0 Å². The molecule has 0 aromatic heterocycles. The van der Waals surface area contributed by atoms with Gasteiger partial charge in [-0.2, -0.15) is 0 Å². The third kappa shape index (κ3) is 5.01. The summed E-state index contributed by atoms with van der Waals surface area (Å²) < 4.78 is 16.9. The second kappa shape index (κ2) is 8.30. The first kappa shape index (κ1) is 19.7. The quantitative estimate of drug-likeness (QED) is 0.754. The van der Waals surface area contributed by atoms with Crippen molar-refractivity contribution < 1.29 is 19.3 Å². The van der Waals surface area contributed by atoms with Crippen LogP contribution in [0.25, 0.3) is 11.1 Å². The van der Waals surface area contributed by atoms with Crippen LogP contribution >= 0.6 is 0 Å². The molecule has 3 rings (SSSR count). The van der Waals surface area contributed by atoms with Gasteiger partial charge in [0.1, 0.15) is 11.5 Å². The van der Waals surface area contributed by atoms with Gasteiger partial charge in [-0.15, -0.1) is 0 Å². The molecule has 5 heteroatoms. The van der Waals surface area contributed by atoms with Crippen LogP contribution in [0, 0.1) is 0 Å². The number of aliphatic hydroxyl groups is 1. The van der Waals surface area contributed by atoms with E-state index in [2.05, 4.69) is 23.5 Å². The lowest BCUT2D eigenvalue weighted by molar-refractivity contribution is -0.181. The monoisotopic (exact) mass is 371 g/mol. The first-order valence-electron chi connectivity index (χ1n) is 9.37. The summed E-state index contributed by atoms with van der Waals surface area (Å²) in [5.74, 6) is 2.00. The Morgan fingerprint density at radius 2 is 2.00 bits per heavy atom. The molecule has 27 heavy (non-hydrogen) atoms. The Hall–Kier alpha value is -2.08. The smallest absolute Gasteiger partial charge is 0.214 e. The highest BCUT2D eigenvalue weighted by Gasteiger charge is 2.24. The summed E-state index contributed by atoms with van der Waals surface area (Å²) in [5, 5.41) is 13.1. The molecule has 0 saturated heterocycles. The standard InChI is InChI=1S/C22H29NO4/c1-22(2,3)27-21(24)23-14-16-11-12-26-20-13-15(9-10-18(16)20)17-7-5-6-8-19(17)25-4/h5-10,13,16,21,23-24H,11-12,14H2,1-4H3/t16-,21?/m0/s1. The molecule has 2 atom stereocenters. The summed E-state index contributed by atoms with van der Waals surface area (Å²) in [7, 11) is 1.68. The maximum absolute atomic E-state index is 10.0. The third-order valence-electron chi connectivity index (χ3n) is 4.60. The van der Waals surface area contributed by atoms with Gasteiger partial charge in [-0.05, 0) is 50.5 Å². The predicted octanol–water partition coefficient (Wildman–Crippen LogP) is 3.91. The number of hydrogen-bond acceptors (Lipinski definition) is 5. The van der Waals surface area contributed by atoms with E-state index in [4.69, 9.17) is 14.2 Å². The van der Waals surface area contributed by atoms with Crippen LogP contribution in [-0.4, -0.2) is 37.4 Å². The molecule has 0 amide bonds. The lowest BCUT2D eigenvalue weighted by Crippen LogP contribution is -2.40. The number of methoxy groups -OCH3 is 1. The van der Waals surface area contributed by atoms with Crippen LogP contribution in [0.2, 0.25) is 0 Å². The molecule has 1 aliphatic rings. The number of aliphatic hydroxyl groups excluding tert-OH is 1. The molecule has 0 spiro atoms. The fraction of sp³-hybridized carbons (Fsp3) is 0.455. The zero-order valence-electron chi connectivity index (χ0n) is 16.5. The Bertz CT molecular complexity index is 769. The van der Waals surface area contributed by atoms with Crippen molar-refractivity contribution in [1.82, 2.24) is 5.32 Å². The second-order valence-corrected chi connectivity index (χ2v) is 7.78. The van der Waals surface area contributed by atoms with Crippen molar-refractivity contribution >= 4 is 0 Å². The van der Waals surface area contributed by atoms with Crippen LogP contribution in [0.4, 0.5) is 0 Å². The number of hydrogen-bond donors (Lipinski definition) is 2. The van der Waals surface area contributed by atoms with E-state index in [1.54, 1.807) is 7.11 Å². The molecule has 1 heterocycles. The summed E-state index contributed by atoms with van der Waals surface area (Å²) in [5.41, 5.74) is 2.86. The molecular formula is C22H29NO4. The number of fused-ring (bicyclic) bond motifs is 1. The third-order valence-corrected chi connectivity index (χ3v) is 4.60. The largest absolute Gasteiger partial charge is 0.496 e. The van der Waals surface area contributed by atoms with E-state index < -0.39 is 12.0 Å². The molecule has 0 fully saturated rings. The number of benzene rings is 2. The van der Waals surface area contributed by atoms with E-state index in [-0.39, 0.29) is 5.92 Å². The summed E-state index contributed by atoms with van der Waals surface area (Å²) in [6.45, 7) is 7.04. The molecule has 2 aromatic carbocycles. The molecule has 0 saturated carbocycles. The SMILES string of the molecule is COc1ccccc1-c1ccc2c(c1)OCC[C@H]2CNC(O)OC(C)(C)C. The van der Waals surface area contributed by atoms with Gasteiger partial charge in [0.2, 0.25) is 6.41 Å². The Balaban J connectivity index is 1.75. The van der Waals surface area contributed by atoms with Gasteiger partial charge in [0.25, 0.3) is 0 Å². The summed E-state index contributed by atoms with van der Waals surface area (Å²) >= 11 is 0. The minimum absolute atomic E-state index is 0.263. The van der Waals surface area contributed by atoms with Gasteiger partial charge in [-0.3, -0.25) is 5.32 Å². The first-order valence-corrected chi connectivity index (χ1v) is 9.37. The molecule has 5 nitrogen and oxygen atoms in total. The highest BCUT2D eigenvalue weighted by molar-refractivity contribution is 5.72. The minimum atomic E-state index is -0.982. The molecule has 2 aromatic rings. The summed E-state index contributed by atoms with van der Waals surface area (Å²) in [4.78, 5) is 0. The van der Waals surface area contributed by atoms with E-state index in [1.807, 2.05) is 45.0 Å². The Morgan fingerprint density at radius 1 is 1.22 bits per heavy atom. The highest BCUT2D eigenvalue weighted by Crippen LogP contribution is 2.38. The molecule has 1 unspecified atom stereocenters.